The van der Waals surface area contributed by atoms with Crippen LogP contribution in [0, 0.1) is 6.92 Å². The number of aryl methyl sites for hydroxylation is 1. The Balaban J connectivity index is 1.90. The molecule has 1 aromatic carbocycles. The van der Waals surface area contributed by atoms with Crippen LogP contribution in [-0.2, 0) is 21.4 Å². The van der Waals surface area contributed by atoms with Crippen molar-refractivity contribution in [2.75, 3.05) is 13.6 Å². The summed E-state index contributed by atoms with van der Waals surface area (Å²) in [4.78, 5) is 25.0. The maximum atomic E-state index is 12.3. The summed E-state index contributed by atoms with van der Waals surface area (Å²) in [5.74, 6) is 1.01. The molecule has 0 bridgehead atoms. The van der Waals surface area contributed by atoms with Crippen LogP contribution < -0.4 is 4.72 Å². The lowest BCUT2D eigenvalue weighted by molar-refractivity contribution is -0.130. The van der Waals surface area contributed by atoms with Crippen molar-refractivity contribution in [2.24, 2.45) is 0 Å². The highest BCUT2D eigenvalue weighted by Crippen LogP contribution is 2.12. The van der Waals surface area contributed by atoms with Crippen LogP contribution in [0.15, 0.2) is 45.7 Å². The number of hydrogen-bond acceptors (Lipinski definition) is 5. The molecule has 7 nitrogen and oxygen atoms in total. The topological polar surface area (TPSA) is 96.7 Å². The molecule has 1 amide bonds. The molecule has 0 aliphatic rings. The molecule has 140 valence electrons. The number of rotatable bonds is 8. The molecule has 0 saturated carbocycles. The Bertz CT molecular complexity index is 902. The number of nitrogens with zero attached hydrogens (tertiary/aromatic N) is 1. The number of carbonyl (C=O) groups is 2. The van der Waals surface area contributed by atoms with Gasteiger partial charge in [-0.25, -0.2) is 13.1 Å². The largest absolute Gasteiger partial charge is 0.464 e. The summed E-state index contributed by atoms with van der Waals surface area (Å²) >= 11 is 0. The SMILES string of the molecule is CC(=O)c1cccc(S(=O)(=O)NCCC(=O)N(C)Cc2ccc(C)o2)c1. The molecule has 1 heterocycles. The average molecular weight is 378 g/mol. The first-order valence-corrected chi connectivity index (χ1v) is 9.57. The second kappa shape index (κ2) is 8.29. The molecule has 0 aliphatic heterocycles. The highest BCUT2D eigenvalue weighted by molar-refractivity contribution is 7.89. The van der Waals surface area contributed by atoms with Crippen LogP contribution in [0.3, 0.4) is 0 Å². The second-order valence-corrected chi connectivity index (χ2v) is 7.76. The molecule has 0 aliphatic carbocycles. The van der Waals surface area contributed by atoms with Gasteiger partial charge >= 0.3 is 0 Å². The highest BCUT2D eigenvalue weighted by atomic mass is 32.2. The van der Waals surface area contributed by atoms with Crippen molar-refractivity contribution in [3.05, 3.63) is 53.5 Å². The molecule has 26 heavy (non-hydrogen) atoms. The summed E-state index contributed by atoms with van der Waals surface area (Å²) in [5.41, 5.74) is 0.317. The van der Waals surface area contributed by atoms with Crippen molar-refractivity contribution in [3.63, 3.8) is 0 Å². The summed E-state index contributed by atoms with van der Waals surface area (Å²) in [6, 6.07) is 9.40. The van der Waals surface area contributed by atoms with Gasteiger partial charge in [0.05, 0.1) is 11.4 Å². The van der Waals surface area contributed by atoms with E-state index in [1.165, 1.54) is 30.0 Å². The Hall–Kier alpha value is -2.45. The number of furan rings is 1. The zero-order valence-corrected chi connectivity index (χ0v) is 15.8. The number of ketones is 1. The number of nitrogens with one attached hydrogen (secondary N) is 1. The fraction of sp³-hybridized carbons (Fsp3) is 0.333. The first-order chi connectivity index (χ1) is 12.2. The summed E-state index contributed by atoms with van der Waals surface area (Å²) in [6.45, 7) is 3.47. The van der Waals surface area contributed by atoms with E-state index in [9.17, 15) is 18.0 Å². The van der Waals surface area contributed by atoms with E-state index in [2.05, 4.69) is 4.72 Å². The summed E-state index contributed by atoms with van der Waals surface area (Å²) in [6.07, 6.45) is 0.0157. The fourth-order valence-electron chi connectivity index (χ4n) is 2.34. The predicted molar refractivity (Wildman–Crippen MR) is 96.2 cm³/mol. The van der Waals surface area contributed by atoms with E-state index in [4.69, 9.17) is 4.42 Å². The van der Waals surface area contributed by atoms with Crippen molar-refractivity contribution in [3.8, 4) is 0 Å². The third kappa shape index (κ3) is 5.27. The lowest BCUT2D eigenvalue weighted by Crippen LogP contribution is -2.31. The Morgan fingerprint density at radius 2 is 1.92 bits per heavy atom. The quantitative estimate of drug-likeness (QED) is 0.710. The lowest BCUT2D eigenvalue weighted by atomic mass is 10.2. The van der Waals surface area contributed by atoms with E-state index < -0.39 is 10.0 Å². The van der Waals surface area contributed by atoms with Crippen LogP contribution >= 0.6 is 0 Å². The van der Waals surface area contributed by atoms with Gasteiger partial charge in [0, 0.05) is 25.6 Å². The second-order valence-electron chi connectivity index (χ2n) is 5.99. The first-order valence-electron chi connectivity index (χ1n) is 8.09. The molecule has 0 atom stereocenters. The van der Waals surface area contributed by atoms with Gasteiger partial charge in [-0.15, -0.1) is 0 Å². The molecule has 2 aromatic rings. The minimum absolute atomic E-state index is 0.00272. The van der Waals surface area contributed by atoms with Crippen LogP contribution in [0.25, 0.3) is 0 Å². The number of carbonyl (C=O) groups excluding carboxylic acids is 2. The molecule has 1 N–H and O–H groups in total. The van der Waals surface area contributed by atoms with E-state index >= 15 is 0 Å². The van der Waals surface area contributed by atoms with Gasteiger partial charge in [0.1, 0.15) is 11.5 Å². The van der Waals surface area contributed by atoms with E-state index in [1.54, 1.807) is 19.2 Å². The number of Topliss-reactive ketones (excluding diaryl/α,β-unsaturated/α-hetero) is 1. The molecule has 0 fully saturated rings. The summed E-state index contributed by atoms with van der Waals surface area (Å²) in [7, 11) is -2.15. The van der Waals surface area contributed by atoms with E-state index in [0.717, 1.165) is 5.76 Å². The maximum Gasteiger partial charge on any atom is 0.240 e. The van der Waals surface area contributed by atoms with Crippen molar-refractivity contribution in [1.82, 2.24) is 9.62 Å². The van der Waals surface area contributed by atoms with Gasteiger partial charge in [0.25, 0.3) is 0 Å². The number of sulfonamides is 1. The average Bonchev–Trinajstić information content (AvgIpc) is 2.99. The Kier molecular flexibility index (Phi) is 6.33. The minimum Gasteiger partial charge on any atom is -0.464 e. The maximum absolute atomic E-state index is 12.3. The van der Waals surface area contributed by atoms with Crippen molar-refractivity contribution in [2.45, 2.75) is 31.7 Å². The van der Waals surface area contributed by atoms with Gasteiger partial charge in [0.15, 0.2) is 5.78 Å². The number of amides is 1. The van der Waals surface area contributed by atoms with E-state index in [1.807, 2.05) is 13.0 Å². The molecule has 1 aromatic heterocycles. The Morgan fingerprint density at radius 1 is 1.19 bits per heavy atom. The third-order valence-corrected chi connectivity index (χ3v) is 5.26. The zero-order valence-electron chi connectivity index (χ0n) is 15.0. The highest BCUT2D eigenvalue weighted by Gasteiger charge is 2.17. The minimum atomic E-state index is -3.78. The van der Waals surface area contributed by atoms with Crippen molar-refractivity contribution < 1.29 is 22.4 Å². The number of hydrogen-bond donors (Lipinski definition) is 1. The number of benzene rings is 1. The first kappa shape index (κ1) is 19.9. The third-order valence-electron chi connectivity index (χ3n) is 3.80. The van der Waals surface area contributed by atoms with Gasteiger partial charge in [-0.3, -0.25) is 9.59 Å². The molecule has 0 spiro atoms. The van der Waals surface area contributed by atoms with Crippen LogP contribution in [0.1, 0.15) is 35.2 Å². The van der Waals surface area contributed by atoms with Gasteiger partial charge in [-0.1, -0.05) is 12.1 Å². The molecule has 0 unspecified atom stereocenters. The van der Waals surface area contributed by atoms with Crippen LogP contribution in [0.2, 0.25) is 0 Å². The smallest absolute Gasteiger partial charge is 0.240 e. The van der Waals surface area contributed by atoms with Crippen LogP contribution in [0.4, 0.5) is 0 Å². The summed E-state index contributed by atoms with van der Waals surface area (Å²) < 4.78 is 32.4. The van der Waals surface area contributed by atoms with Crippen LogP contribution in [0.5, 0.6) is 0 Å². The molecular weight excluding hydrogens is 356 g/mol. The Morgan fingerprint density at radius 3 is 2.54 bits per heavy atom. The van der Waals surface area contributed by atoms with Gasteiger partial charge in [-0.05, 0) is 38.1 Å². The van der Waals surface area contributed by atoms with E-state index in [-0.39, 0.29) is 29.6 Å². The molecule has 0 saturated heterocycles. The zero-order chi connectivity index (χ0) is 19.3. The molecular formula is C18H22N2O5S. The normalized spacial score (nSPS) is 11.3. The van der Waals surface area contributed by atoms with Crippen molar-refractivity contribution in [1.29, 1.82) is 0 Å². The van der Waals surface area contributed by atoms with Crippen LogP contribution in [-0.4, -0.2) is 38.6 Å². The van der Waals surface area contributed by atoms with Crippen molar-refractivity contribution >= 4 is 21.7 Å². The standard InChI is InChI=1S/C18H22N2O5S/c1-13-7-8-16(25-13)12-20(3)18(22)9-10-19-26(23,24)17-6-4-5-15(11-17)14(2)21/h4-8,11,19H,9-10,12H2,1-3H3. The van der Waals surface area contributed by atoms with E-state index in [0.29, 0.717) is 17.9 Å². The summed E-state index contributed by atoms with van der Waals surface area (Å²) in [5, 5.41) is 0. The van der Waals surface area contributed by atoms with Gasteiger partial charge in [-0.2, -0.15) is 0 Å². The molecule has 2 rings (SSSR count). The fourth-order valence-corrected chi connectivity index (χ4v) is 3.42. The lowest BCUT2D eigenvalue weighted by Gasteiger charge is -2.16. The molecule has 8 heteroatoms. The van der Waals surface area contributed by atoms with Gasteiger partial charge < -0.3 is 9.32 Å². The monoisotopic (exact) mass is 378 g/mol. The van der Waals surface area contributed by atoms with Gasteiger partial charge in [0.2, 0.25) is 15.9 Å². The Labute approximate surface area is 153 Å². The molecule has 0 radical (unpaired) electrons. The predicted octanol–water partition coefficient (Wildman–Crippen LogP) is 2.12.